The van der Waals surface area contributed by atoms with E-state index < -0.39 is 0 Å². The van der Waals surface area contributed by atoms with Crippen LogP contribution in [0.25, 0.3) is 0 Å². The van der Waals surface area contributed by atoms with E-state index in [0.29, 0.717) is 17.0 Å². The van der Waals surface area contributed by atoms with Crippen LogP contribution in [0.15, 0.2) is 53.4 Å². The van der Waals surface area contributed by atoms with E-state index in [9.17, 15) is 9.59 Å². The van der Waals surface area contributed by atoms with E-state index in [-0.39, 0.29) is 17.9 Å². The minimum atomic E-state index is -0.149. The van der Waals surface area contributed by atoms with Crippen molar-refractivity contribution in [1.29, 1.82) is 0 Å². The predicted molar refractivity (Wildman–Crippen MR) is 88.1 cm³/mol. The fraction of sp³-hybridized carbons (Fsp3) is 0.176. The summed E-state index contributed by atoms with van der Waals surface area (Å²) in [6, 6.07) is 15.1. The number of hydrogen-bond donors (Lipinski definition) is 2. The maximum Gasteiger partial charge on any atom is 0.251 e. The quantitative estimate of drug-likeness (QED) is 0.915. The van der Waals surface area contributed by atoms with E-state index in [2.05, 4.69) is 10.6 Å². The fourth-order valence-corrected chi connectivity index (χ4v) is 3.12. The van der Waals surface area contributed by atoms with Gasteiger partial charge >= 0.3 is 0 Å². The number of anilines is 1. The molecule has 0 fully saturated rings. The first kappa shape index (κ1) is 14.7. The van der Waals surface area contributed by atoms with Crippen molar-refractivity contribution in [3.8, 4) is 0 Å². The highest BCUT2D eigenvalue weighted by Crippen LogP contribution is 2.32. The van der Waals surface area contributed by atoms with Crippen molar-refractivity contribution in [3.05, 3.63) is 59.7 Å². The van der Waals surface area contributed by atoms with Gasteiger partial charge in [-0.1, -0.05) is 30.3 Å². The highest BCUT2D eigenvalue weighted by Gasteiger charge is 2.18. The second kappa shape index (κ2) is 6.23. The third-order valence-corrected chi connectivity index (χ3v) is 4.60. The smallest absolute Gasteiger partial charge is 0.251 e. The molecule has 0 saturated carbocycles. The van der Waals surface area contributed by atoms with E-state index in [1.807, 2.05) is 43.3 Å². The summed E-state index contributed by atoms with van der Waals surface area (Å²) in [5.74, 6) is 0.237. The Morgan fingerprint density at radius 3 is 2.77 bits per heavy atom. The molecule has 0 spiro atoms. The van der Waals surface area contributed by atoms with Crippen LogP contribution in [-0.4, -0.2) is 17.6 Å². The predicted octanol–water partition coefficient (Wildman–Crippen LogP) is 3.22. The van der Waals surface area contributed by atoms with Gasteiger partial charge in [0.25, 0.3) is 5.91 Å². The standard InChI is InChI=1S/C17H16N2O2S/c1-11(12-5-3-2-4-6-12)18-17(21)13-7-8-15-14(9-13)19-16(20)10-22-15/h2-9,11H,10H2,1H3,(H,18,21)(H,19,20)/t11-/m1/s1. The Kier molecular flexibility index (Phi) is 4.15. The van der Waals surface area contributed by atoms with Crippen molar-refractivity contribution < 1.29 is 9.59 Å². The second-order valence-electron chi connectivity index (χ2n) is 5.15. The molecule has 1 heterocycles. The number of amides is 2. The number of rotatable bonds is 3. The zero-order valence-corrected chi connectivity index (χ0v) is 12.9. The lowest BCUT2D eigenvalue weighted by molar-refractivity contribution is -0.113. The van der Waals surface area contributed by atoms with Crippen LogP contribution in [0.5, 0.6) is 0 Å². The van der Waals surface area contributed by atoms with E-state index in [1.165, 1.54) is 11.8 Å². The number of hydrogen-bond acceptors (Lipinski definition) is 3. The summed E-state index contributed by atoms with van der Waals surface area (Å²) in [5, 5.41) is 5.77. The summed E-state index contributed by atoms with van der Waals surface area (Å²) in [5.41, 5.74) is 2.31. The average molecular weight is 312 g/mol. The highest BCUT2D eigenvalue weighted by atomic mass is 32.2. The summed E-state index contributed by atoms with van der Waals surface area (Å²) < 4.78 is 0. The third-order valence-electron chi connectivity index (χ3n) is 3.52. The van der Waals surface area contributed by atoms with E-state index in [4.69, 9.17) is 0 Å². The Balaban J connectivity index is 1.75. The second-order valence-corrected chi connectivity index (χ2v) is 6.17. The first-order valence-electron chi connectivity index (χ1n) is 7.06. The molecule has 4 nitrogen and oxygen atoms in total. The lowest BCUT2D eigenvalue weighted by atomic mass is 10.1. The molecule has 1 aliphatic heterocycles. The molecule has 0 aromatic heterocycles. The SMILES string of the molecule is C[C@@H](NC(=O)c1ccc2c(c1)NC(=O)CS2)c1ccccc1. The van der Waals surface area contributed by atoms with E-state index >= 15 is 0 Å². The van der Waals surface area contributed by atoms with Crippen molar-refractivity contribution in [3.63, 3.8) is 0 Å². The lowest BCUT2D eigenvalue weighted by Crippen LogP contribution is -2.27. The first-order valence-corrected chi connectivity index (χ1v) is 8.04. The molecular formula is C17H16N2O2S. The number of carbonyl (C=O) groups is 2. The van der Waals surface area contributed by atoms with Gasteiger partial charge in [0.2, 0.25) is 5.91 Å². The van der Waals surface area contributed by atoms with Gasteiger partial charge in [-0.25, -0.2) is 0 Å². The van der Waals surface area contributed by atoms with Gasteiger partial charge in [0.15, 0.2) is 0 Å². The van der Waals surface area contributed by atoms with E-state index in [0.717, 1.165) is 10.5 Å². The number of carbonyl (C=O) groups excluding carboxylic acids is 2. The minimum Gasteiger partial charge on any atom is -0.346 e. The van der Waals surface area contributed by atoms with Gasteiger partial charge in [-0.2, -0.15) is 0 Å². The third kappa shape index (κ3) is 3.14. The molecule has 1 aliphatic rings. The van der Waals surface area contributed by atoms with Crippen LogP contribution in [0.1, 0.15) is 28.9 Å². The molecule has 2 amide bonds. The summed E-state index contributed by atoms with van der Waals surface area (Å²) >= 11 is 1.48. The lowest BCUT2D eigenvalue weighted by Gasteiger charge is -2.18. The van der Waals surface area contributed by atoms with Crippen LogP contribution in [-0.2, 0) is 4.79 Å². The number of benzene rings is 2. The van der Waals surface area contributed by atoms with Crippen molar-refractivity contribution in [2.75, 3.05) is 11.1 Å². The monoisotopic (exact) mass is 312 g/mol. The van der Waals surface area contributed by atoms with Crippen molar-refractivity contribution in [2.45, 2.75) is 17.9 Å². The molecule has 1 atom stereocenters. The molecule has 2 aromatic carbocycles. The number of nitrogens with one attached hydrogen (secondary N) is 2. The van der Waals surface area contributed by atoms with Crippen molar-refractivity contribution in [2.24, 2.45) is 0 Å². The van der Waals surface area contributed by atoms with Gasteiger partial charge in [-0.05, 0) is 30.7 Å². The zero-order chi connectivity index (χ0) is 15.5. The molecule has 112 valence electrons. The molecule has 2 aromatic rings. The fourth-order valence-electron chi connectivity index (χ4n) is 2.33. The average Bonchev–Trinajstić information content (AvgIpc) is 2.54. The molecule has 0 saturated heterocycles. The summed E-state index contributed by atoms with van der Waals surface area (Å²) in [6.07, 6.45) is 0. The molecule has 5 heteroatoms. The maximum absolute atomic E-state index is 12.4. The van der Waals surface area contributed by atoms with Crippen LogP contribution in [0.4, 0.5) is 5.69 Å². The van der Waals surface area contributed by atoms with E-state index in [1.54, 1.807) is 12.1 Å². The Morgan fingerprint density at radius 2 is 2.00 bits per heavy atom. The molecule has 22 heavy (non-hydrogen) atoms. The van der Waals surface area contributed by atoms with Crippen LogP contribution < -0.4 is 10.6 Å². The summed E-state index contributed by atoms with van der Waals surface area (Å²) in [7, 11) is 0. The molecule has 2 N–H and O–H groups in total. The molecule has 0 radical (unpaired) electrons. The topological polar surface area (TPSA) is 58.2 Å². The normalized spacial score (nSPS) is 14.7. The largest absolute Gasteiger partial charge is 0.346 e. The molecule has 0 bridgehead atoms. The maximum atomic E-state index is 12.4. The van der Waals surface area contributed by atoms with Gasteiger partial charge < -0.3 is 10.6 Å². The highest BCUT2D eigenvalue weighted by molar-refractivity contribution is 8.00. The molecule has 0 unspecified atom stereocenters. The molecular weight excluding hydrogens is 296 g/mol. The molecule has 3 rings (SSSR count). The Morgan fingerprint density at radius 1 is 1.23 bits per heavy atom. The Hall–Kier alpha value is -2.27. The van der Waals surface area contributed by atoms with Crippen LogP contribution in [0.3, 0.4) is 0 Å². The number of thioether (sulfide) groups is 1. The van der Waals surface area contributed by atoms with Crippen LogP contribution >= 0.6 is 11.8 Å². The summed E-state index contributed by atoms with van der Waals surface area (Å²) in [4.78, 5) is 24.8. The summed E-state index contributed by atoms with van der Waals surface area (Å²) in [6.45, 7) is 1.95. The van der Waals surface area contributed by atoms with Gasteiger partial charge in [0.05, 0.1) is 17.5 Å². The van der Waals surface area contributed by atoms with Crippen molar-refractivity contribution >= 4 is 29.3 Å². The van der Waals surface area contributed by atoms with Gasteiger partial charge in [0, 0.05) is 10.5 Å². The van der Waals surface area contributed by atoms with Gasteiger partial charge in [-0.15, -0.1) is 11.8 Å². The van der Waals surface area contributed by atoms with Crippen molar-refractivity contribution in [1.82, 2.24) is 5.32 Å². The first-order chi connectivity index (χ1) is 10.6. The Bertz CT molecular complexity index is 716. The number of fused-ring (bicyclic) bond motifs is 1. The van der Waals surface area contributed by atoms with Gasteiger partial charge in [-0.3, -0.25) is 9.59 Å². The minimum absolute atomic E-state index is 0.0345. The van der Waals surface area contributed by atoms with Gasteiger partial charge in [0.1, 0.15) is 0 Å². The molecule has 0 aliphatic carbocycles. The zero-order valence-electron chi connectivity index (χ0n) is 12.1. The van der Waals surface area contributed by atoms with Crippen LogP contribution in [0.2, 0.25) is 0 Å². The Labute approximate surface area is 133 Å². The van der Waals surface area contributed by atoms with Crippen LogP contribution in [0, 0.1) is 0 Å².